The van der Waals surface area contributed by atoms with Crippen molar-refractivity contribution in [3.63, 3.8) is 0 Å². The number of ether oxygens (including phenoxy) is 1. The molecule has 3 unspecified atom stereocenters. The lowest BCUT2D eigenvalue weighted by molar-refractivity contribution is 0.0125. The van der Waals surface area contributed by atoms with E-state index in [-0.39, 0.29) is 24.8 Å². The number of hydrogen-bond donors (Lipinski definition) is 2. The van der Waals surface area contributed by atoms with Crippen LogP contribution in [-0.2, 0) is 4.74 Å². The zero-order chi connectivity index (χ0) is 17.7. The third-order valence-electron chi connectivity index (χ3n) is 5.40. The normalized spacial score (nSPS) is 29.5. The van der Waals surface area contributed by atoms with Gasteiger partial charge in [0.15, 0.2) is 0 Å². The summed E-state index contributed by atoms with van der Waals surface area (Å²) in [5.41, 5.74) is -0.446. The topological polar surface area (TPSA) is 61.8 Å². The minimum absolute atomic E-state index is 0.159. The number of nitrogens with one attached hydrogen (secondary N) is 1. The van der Waals surface area contributed by atoms with Crippen LogP contribution >= 0.6 is 0 Å². The summed E-state index contributed by atoms with van der Waals surface area (Å²) in [6.07, 6.45) is 7.65. The molecule has 1 heterocycles. The zero-order valence-electron chi connectivity index (χ0n) is 15.9. The molecule has 1 amide bonds. The number of nitrogens with zero attached hydrogens (tertiary/aromatic N) is 1. The van der Waals surface area contributed by atoms with E-state index in [2.05, 4.69) is 12.2 Å². The first-order chi connectivity index (χ1) is 11.4. The van der Waals surface area contributed by atoms with E-state index >= 15 is 0 Å². The second-order valence-corrected chi connectivity index (χ2v) is 8.39. The maximum absolute atomic E-state index is 12.6. The van der Waals surface area contributed by atoms with Gasteiger partial charge in [0.2, 0.25) is 0 Å². The fourth-order valence-electron chi connectivity index (χ4n) is 4.21. The highest BCUT2D eigenvalue weighted by Gasteiger charge is 2.41. The predicted molar refractivity (Wildman–Crippen MR) is 96.0 cm³/mol. The Labute approximate surface area is 147 Å². The van der Waals surface area contributed by atoms with Crippen LogP contribution in [0.15, 0.2) is 0 Å². The lowest BCUT2D eigenvalue weighted by atomic mass is 9.78. The van der Waals surface area contributed by atoms with Crippen LogP contribution in [0.25, 0.3) is 0 Å². The average Bonchev–Trinajstić information content (AvgIpc) is 3.01. The molecule has 1 aliphatic heterocycles. The number of rotatable bonds is 5. The maximum Gasteiger partial charge on any atom is 0.410 e. The van der Waals surface area contributed by atoms with Crippen LogP contribution in [0.4, 0.5) is 4.79 Å². The molecule has 1 saturated carbocycles. The molecule has 4 atom stereocenters. The molecule has 0 bridgehead atoms. The fourth-order valence-corrected chi connectivity index (χ4v) is 4.21. The van der Waals surface area contributed by atoms with Crippen molar-refractivity contribution in [2.24, 2.45) is 5.92 Å². The molecule has 2 N–H and O–H groups in total. The Balaban J connectivity index is 2.06. The standard InChI is InChI=1S/C19H36N2O3/c1-5-14(13-22)20-16-10-7-6-9-15(16)17-11-8-12-21(17)18(23)24-19(2,3)4/h14-17,20,22H,5-13H2,1-4H3/t14-,15?,16?,17?/m0/s1. The summed E-state index contributed by atoms with van der Waals surface area (Å²) >= 11 is 0. The van der Waals surface area contributed by atoms with E-state index in [1.807, 2.05) is 25.7 Å². The Hall–Kier alpha value is -0.810. The van der Waals surface area contributed by atoms with Crippen LogP contribution in [0.2, 0.25) is 0 Å². The van der Waals surface area contributed by atoms with Gasteiger partial charge in [-0.15, -0.1) is 0 Å². The Morgan fingerprint density at radius 1 is 1.25 bits per heavy atom. The van der Waals surface area contributed by atoms with Crippen LogP contribution < -0.4 is 5.32 Å². The van der Waals surface area contributed by atoms with Crippen LogP contribution in [0.3, 0.4) is 0 Å². The molecule has 0 aromatic heterocycles. The summed E-state index contributed by atoms with van der Waals surface area (Å²) in [4.78, 5) is 14.6. The van der Waals surface area contributed by atoms with Gasteiger partial charge in [0.1, 0.15) is 5.60 Å². The summed E-state index contributed by atoms with van der Waals surface area (Å²) in [6.45, 7) is 8.87. The van der Waals surface area contributed by atoms with Gasteiger partial charge in [0.05, 0.1) is 6.61 Å². The third-order valence-corrected chi connectivity index (χ3v) is 5.40. The highest BCUT2D eigenvalue weighted by molar-refractivity contribution is 5.69. The first kappa shape index (κ1) is 19.5. The fraction of sp³-hybridized carbons (Fsp3) is 0.947. The summed E-state index contributed by atoms with van der Waals surface area (Å²) in [5.74, 6) is 0.467. The minimum atomic E-state index is -0.446. The zero-order valence-corrected chi connectivity index (χ0v) is 15.9. The van der Waals surface area contributed by atoms with Gasteiger partial charge in [-0.3, -0.25) is 0 Å². The van der Waals surface area contributed by atoms with Crippen molar-refractivity contribution < 1.29 is 14.6 Å². The van der Waals surface area contributed by atoms with Gasteiger partial charge in [-0.05, 0) is 58.8 Å². The summed E-state index contributed by atoms with van der Waals surface area (Å²) in [6, 6.07) is 0.824. The van der Waals surface area contributed by atoms with Gasteiger partial charge in [0.25, 0.3) is 0 Å². The van der Waals surface area contributed by atoms with Crippen molar-refractivity contribution in [1.29, 1.82) is 0 Å². The first-order valence-corrected chi connectivity index (χ1v) is 9.72. The molecule has 1 saturated heterocycles. The van der Waals surface area contributed by atoms with Gasteiger partial charge < -0.3 is 20.1 Å². The number of aliphatic hydroxyl groups excluding tert-OH is 1. The van der Waals surface area contributed by atoms with Crippen molar-refractivity contribution in [3.05, 3.63) is 0 Å². The molecule has 1 aliphatic carbocycles. The minimum Gasteiger partial charge on any atom is -0.444 e. The van der Waals surface area contributed by atoms with Crippen molar-refractivity contribution >= 4 is 6.09 Å². The van der Waals surface area contributed by atoms with E-state index in [1.54, 1.807) is 0 Å². The highest BCUT2D eigenvalue weighted by atomic mass is 16.6. The SMILES string of the molecule is CC[C@@H](CO)NC1CCCCC1C1CCCN1C(=O)OC(C)(C)C. The maximum atomic E-state index is 12.6. The molecule has 2 rings (SSSR count). The lowest BCUT2D eigenvalue weighted by Gasteiger charge is -2.41. The van der Waals surface area contributed by atoms with E-state index in [9.17, 15) is 9.90 Å². The second-order valence-electron chi connectivity index (χ2n) is 8.39. The molecule has 0 radical (unpaired) electrons. The van der Waals surface area contributed by atoms with Crippen LogP contribution in [0.5, 0.6) is 0 Å². The summed E-state index contributed by atoms with van der Waals surface area (Å²) < 4.78 is 5.63. The Kier molecular flexibility index (Phi) is 6.93. The van der Waals surface area contributed by atoms with Gasteiger partial charge in [-0.2, -0.15) is 0 Å². The molecule has 0 spiro atoms. The number of aliphatic hydroxyl groups is 1. The van der Waals surface area contributed by atoms with Crippen LogP contribution in [-0.4, -0.2) is 53.0 Å². The number of carbonyl (C=O) groups excluding carboxylic acids is 1. The van der Waals surface area contributed by atoms with E-state index in [0.717, 1.165) is 38.6 Å². The van der Waals surface area contributed by atoms with Gasteiger partial charge in [0, 0.05) is 24.7 Å². The second kappa shape index (κ2) is 8.52. The van der Waals surface area contributed by atoms with Crippen LogP contribution in [0.1, 0.15) is 72.6 Å². The lowest BCUT2D eigenvalue weighted by Crippen LogP contribution is -2.53. The highest BCUT2D eigenvalue weighted by Crippen LogP contribution is 2.35. The predicted octanol–water partition coefficient (Wildman–Crippen LogP) is 3.31. The molecule has 5 heteroatoms. The smallest absolute Gasteiger partial charge is 0.410 e. The molecule has 0 aromatic rings. The molecule has 24 heavy (non-hydrogen) atoms. The quantitative estimate of drug-likeness (QED) is 0.806. The molecule has 5 nitrogen and oxygen atoms in total. The van der Waals surface area contributed by atoms with Crippen molar-refractivity contribution in [2.75, 3.05) is 13.2 Å². The average molecular weight is 341 g/mol. The first-order valence-electron chi connectivity index (χ1n) is 9.72. The summed E-state index contributed by atoms with van der Waals surface area (Å²) in [7, 11) is 0. The molecule has 2 fully saturated rings. The molecule has 0 aromatic carbocycles. The molecular weight excluding hydrogens is 304 g/mol. The number of amides is 1. The molecular formula is C19H36N2O3. The third kappa shape index (κ3) is 5.09. The van der Waals surface area contributed by atoms with Crippen LogP contribution in [0, 0.1) is 5.92 Å². The number of hydrogen-bond acceptors (Lipinski definition) is 4. The summed E-state index contributed by atoms with van der Waals surface area (Å²) in [5, 5.41) is 13.2. The van der Waals surface area contributed by atoms with Crippen molar-refractivity contribution in [3.8, 4) is 0 Å². The monoisotopic (exact) mass is 340 g/mol. The van der Waals surface area contributed by atoms with E-state index in [1.165, 1.54) is 12.8 Å². The molecule has 140 valence electrons. The Morgan fingerprint density at radius 3 is 2.58 bits per heavy atom. The Morgan fingerprint density at radius 2 is 1.96 bits per heavy atom. The van der Waals surface area contributed by atoms with Gasteiger partial charge in [-0.25, -0.2) is 4.79 Å². The number of likely N-dealkylation sites (tertiary alicyclic amines) is 1. The van der Waals surface area contributed by atoms with E-state index < -0.39 is 5.60 Å². The van der Waals surface area contributed by atoms with Crippen molar-refractivity contribution in [2.45, 2.75) is 96.4 Å². The Bertz CT molecular complexity index is 404. The van der Waals surface area contributed by atoms with Gasteiger partial charge in [-0.1, -0.05) is 19.8 Å². The van der Waals surface area contributed by atoms with Crippen molar-refractivity contribution in [1.82, 2.24) is 10.2 Å². The van der Waals surface area contributed by atoms with E-state index in [0.29, 0.717) is 12.0 Å². The van der Waals surface area contributed by atoms with E-state index in [4.69, 9.17) is 4.74 Å². The van der Waals surface area contributed by atoms with Gasteiger partial charge >= 0.3 is 6.09 Å². The molecule has 2 aliphatic rings. The number of carbonyl (C=O) groups is 1. The largest absolute Gasteiger partial charge is 0.444 e.